The molecule has 6 nitrogen and oxygen atoms in total. The molecule has 0 aliphatic rings. The van der Waals surface area contributed by atoms with E-state index in [0.29, 0.717) is 5.52 Å². The Balaban J connectivity index is 1.90. The summed E-state index contributed by atoms with van der Waals surface area (Å²) in [6.07, 6.45) is 3.56. The Morgan fingerprint density at radius 1 is 1.41 bits per heavy atom. The maximum Gasteiger partial charge on any atom is 0.322 e. The zero-order chi connectivity index (χ0) is 15.7. The normalized spacial score (nSPS) is 10.8. The minimum absolute atomic E-state index is 0.00861. The van der Waals surface area contributed by atoms with Gasteiger partial charge in [0.25, 0.3) is 5.69 Å². The van der Waals surface area contributed by atoms with Crippen molar-refractivity contribution in [2.75, 3.05) is 6.26 Å². The molecule has 0 aliphatic heterocycles. The number of thioether (sulfide) groups is 1. The summed E-state index contributed by atoms with van der Waals surface area (Å²) >= 11 is 3.15. The molecular formula is C13H8FN3O3S2. The van der Waals surface area contributed by atoms with E-state index in [-0.39, 0.29) is 17.4 Å². The lowest BCUT2D eigenvalue weighted by atomic mass is 10.3. The van der Waals surface area contributed by atoms with Crippen molar-refractivity contribution in [3.63, 3.8) is 0 Å². The molecule has 2 aromatic heterocycles. The van der Waals surface area contributed by atoms with E-state index in [0.717, 1.165) is 21.0 Å². The van der Waals surface area contributed by atoms with E-state index in [4.69, 9.17) is 4.74 Å². The van der Waals surface area contributed by atoms with Crippen LogP contribution in [0.25, 0.3) is 10.2 Å². The first-order chi connectivity index (χ1) is 10.6. The first kappa shape index (κ1) is 14.7. The van der Waals surface area contributed by atoms with E-state index in [1.165, 1.54) is 6.07 Å². The highest BCUT2D eigenvalue weighted by Gasteiger charge is 2.14. The van der Waals surface area contributed by atoms with E-state index in [2.05, 4.69) is 9.97 Å². The van der Waals surface area contributed by atoms with Gasteiger partial charge in [0.1, 0.15) is 0 Å². The fraction of sp³-hybridized carbons (Fsp3) is 0.0769. The second kappa shape index (κ2) is 5.85. The Morgan fingerprint density at radius 3 is 2.91 bits per heavy atom. The Bertz CT molecular complexity index is 869. The number of hydrogen-bond donors (Lipinski definition) is 0. The summed E-state index contributed by atoms with van der Waals surface area (Å²) in [6, 6.07) is 5.02. The molecule has 0 bridgehead atoms. The fourth-order valence-electron chi connectivity index (χ4n) is 1.73. The highest BCUT2D eigenvalue weighted by atomic mass is 32.2. The largest absolute Gasteiger partial charge is 0.421 e. The van der Waals surface area contributed by atoms with Crippen molar-refractivity contribution in [3.8, 4) is 11.8 Å². The second-order valence-corrected chi connectivity index (χ2v) is 6.34. The summed E-state index contributed by atoms with van der Waals surface area (Å²) in [4.78, 5) is 18.1. The Hall–Kier alpha value is -2.26. The molecule has 0 saturated carbocycles. The quantitative estimate of drug-likeness (QED) is 0.402. The lowest BCUT2D eigenvalue weighted by molar-refractivity contribution is -0.385. The lowest BCUT2D eigenvalue weighted by Crippen LogP contribution is -1.95. The van der Waals surface area contributed by atoms with Gasteiger partial charge in [-0.25, -0.2) is 9.37 Å². The third kappa shape index (κ3) is 2.85. The van der Waals surface area contributed by atoms with E-state index in [9.17, 15) is 14.5 Å². The molecule has 0 spiro atoms. The molecule has 0 fully saturated rings. The number of benzene rings is 1. The third-order valence-corrected chi connectivity index (χ3v) is 4.88. The van der Waals surface area contributed by atoms with Crippen molar-refractivity contribution >= 4 is 39.0 Å². The van der Waals surface area contributed by atoms with Crippen LogP contribution in [-0.4, -0.2) is 21.1 Å². The first-order valence-corrected chi connectivity index (χ1v) is 8.03. The number of halogens is 1. The molecule has 0 atom stereocenters. The predicted molar refractivity (Wildman–Crippen MR) is 82.3 cm³/mol. The number of non-ortho nitro benzene ring substituents is 1. The summed E-state index contributed by atoms with van der Waals surface area (Å²) in [7, 11) is 0. The Kier molecular flexibility index (Phi) is 3.90. The van der Waals surface area contributed by atoms with E-state index >= 15 is 0 Å². The molecule has 3 aromatic rings. The number of ether oxygens (including phenoxy) is 1. The van der Waals surface area contributed by atoms with Crippen LogP contribution in [0, 0.1) is 15.9 Å². The second-order valence-electron chi connectivity index (χ2n) is 4.15. The van der Waals surface area contributed by atoms with Crippen LogP contribution in [0.4, 0.5) is 10.1 Å². The number of aromatic nitrogens is 2. The van der Waals surface area contributed by atoms with E-state index in [1.807, 2.05) is 12.3 Å². The Labute approximate surface area is 132 Å². The number of rotatable bonds is 4. The van der Waals surface area contributed by atoms with Gasteiger partial charge in [0.2, 0.25) is 0 Å². The van der Waals surface area contributed by atoms with Crippen molar-refractivity contribution in [3.05, 3.63) is 46.4 Å². The minimum Gasteiger partial charge on any atom is -0.421 e. The van der Waals surface area contributed by atoms with Crippen LogP contribution in [0.5, 0.6) is 11.8 Å². The molecule has 0 saturated heterocycles. The van der Waals surface area contributed by atoms with E-state index in [1.54, 1.807) is 29.3 Å². The predicted octanol–water partition coefficient (Wildman–Crippen LogP) is 4.25. The number of hydrogen-bond acceptors (Lipinski definition) is 7. The molecule has 2 heterocycles. The minimum atomic E-state index is -0.840. The number of nitrogens with zero attached hydrogens (tertiary/aromatic N) is 3. The standard InChI is InChI=1S/C13H8FN3O3S2/c1-21-12-5-9-11(22-12)6-15-13(16-9)20-10-3-2-7(17(18)19)4-8(10)14/h2-6H,1H3. The van der Waals surface area contributed by atoms with Gasteiger partial charge >= 0.3 is 6.01 Å². The van der Waals surface area contributed by atoms with Gasteiger partial charge in [0.15, 0.2) is 11.6 Å². The Morgan fingerprint density at radius 2 is 2.23 bits per heavy atom. The summed E-state index contributed by atoms with van der Waals surface area (Å²) < 4.78 is 21.0. The van der Waals surface area contributed by atoms with Crippen molar-refractivity contribution in [2.24, 2.45) is 0 Å². The van der Waals surface area contributed by atoms with E-state index < -0.39 is 10.7 Å². The molecule has 112 valence electrons. The third-order valence-electron chi connectivity index (χ3n) is 2.75. The highest BCUT2D eigenvalue weighted by Crippen LogP contribution is 2.32. The van der Waals surface area contributed by atoms with Gasteiger partial charge in [-0.2, -0.15) is 4.98 Å². The molecule has 9 heteroatoms. The van der Waals surface area contributed by atoms with Crippen LogP contribution in [0.3, 0.4) is 0 Å². The van der Waals surface area contributed by atoms with Crippen LogP contribution in [-0.2, 0) is 0 Å². The molecule has 22 heavy (non-hydrogen) atoms. The average Bonchev–Trinajstić information content (AvgIpc) is 2.91. The zero-order valence-electron chi connectivity index (χ0n) is 11.1. The number of thiophene rings is 1. The molecule has 1 aromatic carbocycles. The summed E-state index contributed by atoms with van der Waals surface area (Å²) in [5, 5.41) is 10.6. The van der Waals surface area contributed by atoms with Gasteiger partial charge in [0.05, 0.1) is 31.6 Å². The molecule has 3 rings (SSSR count). The van der Waals surface area contributed by atoms with Gasteiger partial charge in [-0.15, -0.1) is 23.1 Å². The van der Waals surface area contributed by atoms with Crippen LogP contribution in [0.15, 0.2) is 34.7 Å². The van der Waals surface area contributed by atoms with Crippen molar-refractivity contribution in [1.29, 1.82) is 0 Å². The van der Waals surface area contributed by atoms with Crippen LogP contribution >= 0.6 is 23.1 Å². The van der Waals surface area contributed by atoms with Gasteiger partial charge < -0.3 is 4.74 Å². The van der Waals surface area contributed by atoms with Gasteiger partial charge in [-0.1, -0.05) is 0 Å². The smallest absolute Gasteiger partial charge is 0.322 e. The van der Waals surface area contributed by atoms with Crippen molar-refractivity contribution in [2.45, 2.75) is 4.21 Å². The summed E-state index contributed by atoms with van der Waals surface area (Å²) in [6.45, 7) is 0. The molecule has 0 unspecified atom stereocenters. The van der Waals surface area contributed by atoms with Crippen molar-refractivity contribution < 1.29 is 14.1 Å². The first-order valence-electron chi connectivity index (χ1n) is 5.99. The molecule has 0 radical (unpaired) electrons. The van der Waals surface area contributed by atoms with Crippen LogP contribution < -0.4 is 4.74 Å². The summed E-state index contributed by atoms with van der Waals surface area (Å²) in [5.41, 5.74) is 0.366. The molecule has 0 aliphatic carbocycles. The van der Waals surface area contributed by atoms with Gasteiger partial charge in [-0.05, 0) is 18.4 Å². The fourth-order valence-corrected chi connectivity index (χ4v) is 3.27. The topological polar surface area (TPSA) is 78.2 Å². The van der Waals surface area contributed by atoms with Crippen LogP contribution in [0.1, 0.15) is 0 Å². The SMILES string of the molecule is CSc1cc2nc(Oc3ccc([N+](=O)[O-])cc3F)ncc2s1. The van der Waals surface area contributed by atoms with Gasteiger partial charge in [-0.3, -0.25) is 10.1 Å². The van der Waals surface area contributed by atoms with Crippen LogP contribution in [0.2, 0.25) is 0 Å². The lowest BCUT2D eigenvalue weighted by Gasteiger charge is -2.04. The zero-order valence-corrected chi connectivity index (χ0v) is 12.8. The number of fused-ring (bicyclic) bond motifs is 1. The summed E-state index contributed by atoms with van der Waals surface area (Å²) in [5.74, 6) is -1.00. The van der Waals surface area contributed by atoms with Gasteiger partial charge in [0, 0.05) is 6.07 Å². The monoisotopic (exact) mass is 337 g/mol. The molecule has 0 N–H and O–H groups in total. The number of nitro groups is 1. The maximum atomic E-state index is 13.8. The molecular weight excluding hydrogens is 329 g/mol. The average molecular weight is 337 g/mol. The molecule has 0 amide bonds. The number of nitro benzene ring substituents is 1. The maximum absolute atomic E-state index is 13.8. The van der Waals surface area contributed by atoms with Crippen molar-refractivity contribution in [1.82, 2.24) is 9.97 Å². The highest BCUT2D eigenvalue weighted by molar-refractivity contribution is 8.00.